The van der Waals surface area contributed by atoms with E-state index < -0.39 is 0 Å². The summed E-state index contributed by atoms with van der Waals surface area (Å²) in [6.45, 7) is 21.0. The molecule has 3 rings (SSSR count). The van der Waals surface area contributed by atoms with E-state index >= 15 is 0 Å². The zero-order valence-electron chi connectivity index (χ0n) is 21.3. The molecule has 31 heavy (non-hydrogen) atoms. The molecule has 3 fully saturated rings. The lowest BCUT2D eigenvalue weighted by Gasteiger charge is -2.47. The van der Waals surface area contributed by atoms with Crippen molar-refractivity contribution >= 4 is 0 Å². The van der Waals surface area contributed by atoms with E-state index in [0.717, 1.165) is 18.5 Å². The van der Waals surface area contributed by atoms with Crippen LogP contribution in [0.1, 0.15) is 86.5 Å². The number of hydrogen-bond donors (Lipinski definition) is 1. The Balaban J connectivity index is 1.39. The molecule has 5 nitrogen and oxygen atoms in total. The van der Waals surface area contributed by atoms with Crippen LogP contribution in [0.3, 0.4) is 0 Å². The van der Waals surface area contributed by atoms with Gasteiger partial charge in [0.15, 0.2) is 0 Å². The van der Waals surface area contributed by atoms with E-state index in [1.165, 1.54) is 71.2 Å². The predicted molar refractivity (Wildman–Crippen MR) is 130 cm³/mol. The van der Waals surface area contributed by atoms with Crippen LogP contribution in [0.15, 0.2) is 0 Å². The number of hydrogen-bond acceptors (Lipinski definition) is 5. The molecule has 1 aliphatic carbocycles. The monoisotopic (exact) mass is 431 g/mol. The number of nitrogens with one attached hydrogen (secondary N) is 1. The largest absolute Gasteiger partial charge is 0.311 e. The van der Waals surface area contributed by atoms with Crippen molar-refractivity contribution in [2.45, 2.75) is 116 Å². The number of rotatable bonds is 7. The number of nitriles is 1. The maximum Gasteiger partial charge on any atom is 0.0635 e. The second-order valence-corrected chi connectivity index (χ2v) is 12.4. The molecule has 0 spiro atoms. The van der Waals surface area contributed by atoms with Crippen LogP contribution in [0.2, 0.25) is 0 Å². The minimum absolute atomic E-state index is 0.276. The first-order valence-electron chi connectivity index (χ1n) is 12.9. The van der Waals surface area contributed by atoms with Crippen LogP contribution in [0.5, 0.6) is 0 Å². The van der Waals surface area contributed by atoms with Crippen LogP contribution in [-0.2, 0) is 0 Å². The summed E-state index contributed by atoms with van der Waals surface area (Å²) in [5.41, 5.74) is 0.584. The standard InChI is InChI=1S/C26H49N5/c1-25(2,3)30-14-8-22(9-15-30)28-23-18-21(19-23)20-29(13-7-12-27)24-10-16-31(17-11-24)26(4,5)6/h21-24,28H,7-11,13-20H2,1-6H3. The van der Waals surface area contributed by atoms with Crippen molar-refractivity contribution in [3.63, 3.8) is 0 Å². The molecule has 5 heteroatoms. The fraction of sp³-hybridized carbons (Fsp3) is 0.962. The summed E-state index contributed by atoms with van der Waals surface area (Å²) in [5.74, 6) is 0.812. The van der Waals surface area contributed by atoms with E-state index in [0.29, 0.717) is 24.0 Å². The molecular weight excluding hydrogens is 382 g/mol. The maximum atomic E-state index is 9.16. The molecule has 0 radical (unpaired) electrons. The van der Waals surface area contributed by atoms with Gasteiger partial charge >= 0.3 is 0 Å². The average molecular weight is 432 g/mol. The van der Waals surface area contributed by atoms with Gasteiger partial charge in [0.25, 0.3) is 0 Å². The highest BCUT2D eigenvalue weighted by Gasteiger charge is 2.36. The molecular formula is C26H49N5. The summed E-state index contributed by atoms with van der Waals surface area (Å²) < 4.78 is 0. The zero-order chi connectivity index (χ0) is 22.6. The summed E-state index contributed by atoms with van der Waals surface area (Å²) in [6, 6.07) is 4.48. The van der Waals surface area contributed by atoms with Gasteiger partial charge in [0.2, 0.25) is 0 Å². The first-order chi connectivity index (χ1) is 14.6. The lowest BCUT2D eigenvalue weighted by atomic mass is 9.78. The van der Waals surface area contributed by atoms with Crippen molar-refractivity contribution in [2.75, 3.05) is 39.3 Å². The summed E-state index contributed by atoms with van der Waals surface area (Å²) in [4.78, 5) is 7.93. The van der Waals surface area contributed by atoms with Crippen LogP contribution < -0.4 is 5.32 Å². The van der Waals surface area contributed by atoms with E-state index in [2.05, 4.69) is 67.6 Å². The smallest absolute Gasteiger partial charge is 0.0635 e. The van der Waals surface area contributed by atoms with Gasteiger partial charge in [0.1, 0.15) is 0 Å². The van der Waals surface area contributed by atoms with Crippen LogP contribution in [-0.4, -0.2) is 83.2 Å². The van der Waals surface area contributed by atoms with Crippen molar-refractivity contribution in [2.24, 2.45) is 5.92 Å². The van der Waals surface area contributed by atoms with Crippen LogP contribution in [0, 0.1) is 17.2 Å². The van der Waals surface area contributed by atoms with E-state index in [9.17, 15) is 0 Å². The van der Waals surface area contributed by atoms with Crippen molar-refractivity contribution in [3.8, 4) is 6.07 Å². The summed E-state index contributed by atoms with van der Waals surface area (Å²) in [5, 5.41) is 13.1. The quantitative estimate of drug-likeness (QED) is 0.658. The van der Waals surface area contributed by atoms with E-state index in [4.69, 9.17) is 5.26 Å². The lowest BCUT2D eigenvalue weighted by molar-refractivity contribution is 0.0368. The van der Waals surface area contributed by atoms with E-state index in [1.54, 1.807) is 0 Å². The van der Waals surface area contributed by atoms with Gasteiger partial charge in [-0.3, -0.25) is 14.7 Å². The van der Waals surface area contributed by atoms with Crippen molar-refractivity contribution in [1.82, 2.24) is 20.0 Å². The summed E-state index contributed by atoms with van der Waals surface area (Å²) >= 11 is 0. The van der Waals surface area contributed by atoms with Crippen molar-refractivity contribution < 1.29 is 0 Å². The number of nitrogens with zero attached hydrogens (tertiary/aromatic N) is 4. The minimum Gasteiger partial charge on any atom is -0.311 e. The van der Waals surface area contributed by atoms with Gasteiger partial charge in [-0.1, -0.05) is 0 Å². The highest BCUT2D eigenvalue weighted by Crippen LogP contribution is 2.32. The third-order valence-electron chi connectivity index (χ3n) is 8.08. The molecule has 2 saturated heterocycles. The normalized spacial score (nSPS) is 27.9. The molecule has 0 aromatic carbocycles. The fourth-order valence-electron chi connectivity index (χ4n) is 5.92. The molecule has 0 atom stereocenters. The van der Waals surface area contributed by atoms with Gasteiger partial charge in [0, 0.05) is 74.9 Å². The molecule has 0 unspecified atom stereocenters. The minimum atomic E-state index is 0.276. The lowest BCUT2D eigenvalue weighted by Crippen LogP contribution is -2.55. The van der Waals surface area contributed by atoms with Gasteiger partial charge in [-0.2, -0.15) is 5.26 Å². The molecule has 2 aliphatic heterocycles. The van der Waals surface area contributed by atoms with Crippen molar-refractivity contribution in [3.05, 3.63) is 0 Å². The molecule has 1 N–H and O–H groups in total. The van der Waals surface area contributed by atoms with Gasteiger partial charge < -0.3 is 5.32 Å². The number of likely N-dealkylation sites (tertiary alicyclic amines) is 2. The maximum absolute atomic E-state index is 9.16. The third-order valence-corrected chi connectivity index (χ3v) is 8.08. The molecule has 0 amide bonds. The molecule has 3 aliphatic rings. The third kappa shape index (κ3) is 7.16. The second kappa shape index (κ2) is 10.5. The molecule has 2 heterocycles. The predicted octanol–water partition coefficient (Wildman–Crippen LogP) is 4.10. The van der Waals surface area contributed by atoms with E-state index in [1.807, 2.05) is 0 Å². The van der Waals surface area contributed by atoms with Gasteiger partial charge in [-0.15, -0.1) is 0 Å². The summed E-state index contributed by atoms with van der Waals surface area (Å²) in [6.07, 6.45) is 8.40. The zero-order valence-corrected chi connectivity index (χ0v) is 21.3. The Morgan fingerprint density at radius 1 is 0.839 bits per heavy atom. The average Bonchev–Trinajstić information content (AvgIpc) is 2.68. The Labute approximate surface area is 192 Å². The first-order valence-corrected chi connectivity index (χ1v) is 12.9. The second-order valence-electron chi connectivity index (χ2n) is 12.4. The molecule has 0 bridgehead atoms. The van der Waals surface area contributed by atoms with Gasteiger partial charge in [-0.05, 0) is 86.0 Å². The van der Waals surface area contributed by atoms with Gasteiger partial charge in [-0.25, -0.2) is 0 Å². The Bertz CT molecular complexity index is 576. The number of piperidine rings is 2. The Morgan fingerprint density at radius 2 is 1.35 bits per heavy atom. The topological polar surface area (TPSA) is 45.5 Å². The molecule has 0 aromatic heterocycles. The van der Waals surface area contributed by atoms with E-state index in [-0.39, 0.29) is 5.54 Å². The molecule has 1 saturated carbocycles. The fourth-order valence-corrected chi connectivity index (χ4v) is 5.92. The highest BCUT2D eigenvalue weighted by atomic mass is 15.2. The van der Waals surface area contributed by atoms with Crippen LogP contribution in [0.4, 0.5) is 0 Å². The van der Waals surface area contributed by atoms with Crippen LogP contribution >= 0.6 is 0 Å². The van der Waals surface area contributed by atoms with Gasteiger partial charge in [0.05, 0.1) is 6.07 Å². The Kier molecular flexibility index (Phi) is 8.46. The molecule has 178 valence electrons. The van der Waals surface area contributed by atoms with Crippen molar-refractivity contribution in [1.29, 1.82) is 5.26 Å². The SMILES string of the molecule is CC(C)(C)N1CCC(NC2CC(CN(CCC#N)C3CCN(C(C)(C)C)CC3)C2)CC1. The van der Waals surface area contributed by atoms with Crippen LogP contribution in [0.25, 0.3) is 0 Å². The molecule has 0 aromatic rings. The summed E-state index contributed by atoms with van der Waals surface area (Å²) in [7, 11) is 0. The Morgan fingerprint density at radius 3 is 1.84 bits per heavy atom. The first kappa shape index (κ1) is 25.0. The Hall–Kier alpha value is -0.670. The highest BCUT2D eigenvalue weighted by molar-refractivity contribution is 4.94.